The first-order chi connectivity index (χ1) is 5.08. The minimum atomic E-state index is -4.39. The zero-order chi connectivity index (χ0) is 8.32. The highest BCUT2D eigenvalue weighted by Gasteiger charge is 2.15. The molecule has 0 aliphatic carbocycles. The van der Waals surface area contributed by atoms with Crippen LogP contribution < -0.4 is 0 Å². The highest BCUT2D eigenvalue weighted by atomic mass is 31.2. The van der Waals surface area contributed by atoms with Gasteiger partial charge in [0.05, 0.1) is 6.16 Å². The van der Waals surface area contributed by atoms with Gasteiger partial charge in [-0.3, -0.25) is 4.57 Å². The second kappa shape index (κ2) is 3.16. The van der Waals surface area contributed by atoms with Crippen LogP contribution in [0.1, 0.15) is 5.56 Å². The van der Waals surface area contributed by atoms with Gasteiger partial charge in [-0.15, -0.1) is 0 Å². The first kappa shape index (κ1) is 8.44. The molecule has 0 spiro atoms. The molecule has 1 atom stereocenters. The lowest BCUT2D eigenvalue weighted by Crippen LogP contribution is -1.81. The van der Waals surface area contributed by atoms with Crippen molar-refractivity contribution in [2.24, 2.45) is 0 Å². The Kier molecular flexibility index (Phi) is 2.42. The van der Waals surface area contributed by atoms with Crippen LogP contribution in [0.15, 0.2) is 30.3 Å². The fourth-order valence-electron chi connectivity index (χ4n) is 0.809. The predicted molar refractivity (Wildman–Crippen MR) is 41.1 cm³/mol. The number of hydrogen-bond donors (Lipinski definition) is 1. The molecular weight excluding hydrogens is 166 g/mol. The molecule has 0 saturated carbocycles. The Hall–Kier alpha value is -0.660. The Balaban J connectivity index is 2.74. The SMILES string of the molecule is O=P(O)(F)Cc1ccccc1. The summed E-state index contributed by atoms with van der Waals surface area (Å²) in [4.78, 5) is 8.36. The summed E-state index contributed by atoms with van der Waals surface area (Å²) in [6.07, 6.45) is -0.395. The van der Waals surface area contributed by atoms with E-state index in [0.717, 1.165) is 0 Å². The van der Waals surface area contributed by atoms with Gasteiger partial charge in [0.15, 0.2) is 0 Å². The Morgan fingerprint density at radius 2 is 1.91 bits per heavy atom. The van der Waals surface area contributed by atoms with Gasteiger partial charge in [-0.25, -0.2) is 0 Å². The molecule has 0 heterocycles. The molecule has 0 aliphatic rings. The Bertz CT molecular complexity index is 267. The molecule has 0 saturated heterocycles. The molecule has 0 bridgehead atoms. The van der Waals surface area contributed by atoms with E-state index in [2.05, 4.69) is 0 Å². The van der Waals surface area contributed by atoms with Crippen LogP contribution in [0.3, 0.4) is 0 Å². The van der Waals surface area contributed by atoms with Gasteiger partial charge in [-0.1, -0.05) is 30.3 Å². The normalized spacial score (nSPS) is 15.8. The zero-order valence-corrected chi connectivity index (χ0v) is 6.67. The summed E-state index contributed by atoms with van der Waals surface area (Å²) in [6, 6.07) is 8.39. The van der Waals surface area contributed by atoms with Gasteiger partial charge in [0.2, 0.25) is 0 Å². The largest absolute Gasteiger partial charge is 0.369 e. The Morgan fingerprint density at radius 1 is 1.36 bits per heavy atom. The average molecular weight is 174 g/mol. The number of rotatable bonds is 2. The maximum atomic E-state index is 12.2. The smallest absolute Gasteiger partial charge is 0.321 e. The third kappa shape index (κ3) is 3.30. The van der Waals surface area contributed by atoms with Gasteiger partial charge < -0.3 is 4.89 Å². The molecule has 0 fully saturated rings. The van der Waals surface area contributed by atoms with E-state index in [1.807, 2.05) is 0 Å². The van der Waals surface area contributed by atoms with E-state index in [-0.39, 0.29) is 0 Å². The Morgan fingerprint density at radius 3 is 2.36 bits per heavy atom. The molecule has 1 aromatic rings. The van der Waals surface area contributed by atoms with Crippen molar-refractivity contribution in [3.63, 3.8) is 0 Å². The fourth-order valence-corrected chi connectivity index (χ4v) is 1.47. The summed E-state index contributed by atoms with van der Waals surface area (Å²) in [5.41, 5.74) is 0.542. The van der Waals surface area contributed by atoms with E-state index in [1.54, 1.807) is 30.3 Å². The van der Waals surface area contributed by atoms with Gasteiger partial charge in [-0.2, -0.15) is 4.20 Å². The zero-order valence-electron chi connectivity index (χ0n) is 5.77. The van der Waals surface area contributed by atoms with Crippen LogP contribution in [0, 0.1) is 0 Å². The summed E-state index contributed by atoms with van der Waals surface area (Å²) < 4.78 is 22.5. The van der Waals surface area contributed by atoms with E-state index in [9.17, 15) is 8.76 Å². The predicted octanol–water partition coefficient (Wildman–Crippen LogP) is 2.34. The van der Waals surface area contributed by atoms with E-state index < -0.39 is 13.8 Å². The first-order valence-corrected chi connectivity index (χ1v) is 4.87. The highest BCUT2D eigenvalue weighted by Crippen LogP contribution is 2.45. The molecule has 1 unspecified atom stereocenters. The van der Waals surface area contributed by atoms with Gasteiger partial charge in [0, 0.05) is 0 Å². The third-order valence-corrected chi connectivity index (χ3v) is 1.98. The van der Waals surface area contributed by atoms with Gasteiger partial charge in [-0.05, 0) is 5.56 Å². The molecule has 11 heavy (non-hydrogen) atoms. The van der Waals surface area contributed by atoms with Crippen molar-refractivity contribution in [1.82, 2.24) is 0 Å². The number of halogens is 1. The van der Waals surface area contributed by atoms with Crippen LogP contribution in [0.4, 0.5) is 4.20 Å². The van der Waals surface area contributed by atoms with Gasteiger partial charge >= 0.3 is 7.68 Å². The maximum absolute atomic E-state index is 12.2. The third-order valence-electron chi connectivity index (χ3n) is 1.22. The van der Waals surface area contributed by atoms with Crippen LogP contribution in [0.2, 0.25) is 0 Å². The lowest BCUT2D eigenvalue weighted by atomic mass is 10.2. The second-order valence-electron chi connectivity index (χ2n) is 2.26. The maximum Gasteiger partial charge on any atom is 0.369 e. The van der Waals surface area contributed by atoms with Crippen molar-refractivity contribution < 1.29 is 13.7 Å². The van der Waals surface area contributed by atoms with Crippen molar-refractivity contribution in [3.8, 4) is 0 Å². The monoisotopic (exact) mass is 174 g/mol. The van der Waals surface area contributed by atoms with Gasteiger partial charge in [0.1, 0.15) is 0 Å². The standard InChI is InChI=1S/C7H8FO2P/c8-11(9,10)6-7-4-2-1-3-5-7/h1-5H,6H2,(H,9,10). The molecule has 1 N–H and O–H groups in total. The summed E-state index contributed by atoms with van der Waals surface area (Å²) in [5.74, 6) is 0. The number of hydrogen-bond acceptors (Lipinski definition) is 1. The topological polar surface area (TPSA) is 37.3 Å². The molecular formula is C7H8FO2P. The van der Waals surface area contributed by atoms with Crippen molar-refractivity contribution in [2.45, 2.75) is 6.16 Å². The molecule has 1 aromatic carbocycles. The average Bonchev–Trinajstić information content (AvgIpc) is 1.85. The quantitative estimate of drug-likeness (QED) is 0.698. The molecule has 4 heteroatoms. The van der Waals surface area contributed by atoms with Crippen molar-refractivity contribution in [2.75, 3.05) is 0 Å². The lowest BCUT2D eigenvalue weighted by molar-refractivity contribution is 0.428. The van der Waals surface area contributed by atoms with Crippen LogP contribution in [-0.2, 0) is 10.7 Å². The fraction of sp³-hybridized carbons (Fsp3) is 0.143. The van der Waals surface area contributed by atoms with Crippen LogP contribution in [-0.4, -0.2) is 4.89 Å². The highest BCUT2D eigenvalue weighted by molar-refractivity contribution is 7.51. The van der Waals surface area contributed by atoms with Gasteiger partial charge in [0.25, 0.3) is 0 Å². The Labute approximate surface area is 64.3 Å². The minimum Gasteiger partial charge on any atom is -0.321 e. The molecule has 0 aromatic heterocycles. The summed E-state index contributed by atoms with van der Waals surface area (Å²) >= 11 is 0. The first-order valence-electron chi connectivity index (χ1n) is 3.13. The second-order valence-corrected chi connectivity index (χ2v) is 3.81. The molecule has 0 amide bonds. The molecule has 2 nitrogen and oxygen atoms in total. The van der Waals surface area contributed by atoms with E-state index in [1.165, 1.54) is 0 Å². The van der Waals surface area contributed by atoms with Crippen LogP contribution in [0.25, 0.3) is 0 Å². The minimum absolute atomic E-state index is 0.395. The van der Waals surface area contributed by atoms with Crippen molar-refractivity contribution in [1.29, 1.82) is 0 Å². The lowest BCUT2D eigenvalue weighted by Gasteiger charge is -1.99. The summed E-state index contributed by atoms with van der Waals surface area (Å²) in [7, 11) is -4.39. The summed E-state index contributed by atoms with van der Waals surface area (Å²) in [5, 5.41) is 0. The summed E-state index contributed by atoms with van der Waals surface area (Å²) in [6.45, 7) is 0. The van der Waals surface area contributed by atoms with Crippen LogP contribution >= 0.6 is 7.68 Å². The van der Waals surface area contributed by atoms with E-state index in [4.69, 9.17) is 4.89 Å². The van der Waals surface area contributed by atoms with Crippen LogP contribution in [0.5, 0.6) is 0 Å². The van der Waals surface area contributed by atoms with Crippen molar-refractivity contribution in [3.05, 3.63) is 35.9 Å². The van der Waals surface area contributed by atoms with E-state index in [0.29, 0.717) is 5.56 Å². The molecule has 0 aliphatic heterocycles. The van der Waals surface area contributed by atoms with Crippen molar-refractivity contribution >= 4 is 7.68 Å². The molecule has 60 valence electrons. The number of benzene rings is 1. The molecule has 0 radical (unpaired) electrons. The molecule has 1 rings (SSSR count). The van der Waals surface area contributed by atoms with E-state index >= 15 is 0 Å².